The van der Waals surface area contributed by atoms with Crippen LogP contribution in [0.3, 0.4) is 0 Å². The van der Waals surface area contributed by atoms with Crippen LogP contribution < -0.4 is 68.2 Å². The Balaban J connectivity index is 0.000000148. The first-order chi connectivity index (χ1) is 67.9. The summed E-state index contributed by atoms with van der Waals surface area (Å²) in [5.41, 5.74) is 12.1. The van der Waals surface area contributed by atoms with Gasteiger partial charge in [-0.1, -0.05) is 30.3 Å². The van der Waals surface area contributed by atoms with Crippen LogP contribution in [0, 0.1) is 11.8 Å². The van der Waals surface area contributed by atoms with E-state index in [2.05, 4.69) is 4.90 Å². The van der Waals surface area contributed by atoms with E-state index in [1.165, 1.54) is 4.57 Å². The molecule has 35 heteroatoms. The van der Waals surface area contributed by atoms with Crippen LogP contribution >= 0.6 is 0 Å². The van der Waals surface area contributed by atoms with E-state index in [0.29, 0.717) is 70.2 Å². The van der Waals surface area contributed by atoms with Crippen molar-refractivity contribution in [1.82, 2.24) is 68.8 Å². The molecule has 7 aromatic heterocycles. The number of phenolic OH excluding ortho intramolecular Hbond substituents is 1. The van der Waals surface area contributed by atoms with Gasteiger partial charge in [0.1, 0.15) is 93.8 Å². The summed E-state index contributed by atoms with van der Waals surface area (Å²) in [5, 5.41) is 9.70. The first kappa shape index (κ1) is 109. The number of aromatic hydroxyl groups is 1. The maximum atomic E-state index is 12.4. The molecule has 4 aliphatic rings. The molecular weight excluding hydrogens is 1820 g/mol. The van der Waals surface area contributed by atoms with E-state index in [1.54, 1.807) is 112 Å². The fraction of sp³-hybridized carbons (Fsp3) is 0.542. The number of aromatic nitrogens is 14. The quantitative estimate of drug-likeness (QED) is 0.0426. The molecule has 774 valence electrons. The topological polar surface area (TPSA) is 323 Å². The summed E-state index contributed by atoms with van der Waals surface area (Å²) in [6.07, 6.45) is 7.41. The highest BCUT2D eigenvalue weighted by Gasteiger charge is 2.28. The fourth-order valence-corrected chi connectivity index (χ4v) is 18.6. The molecule has 4 aliphatic heterocycles. The van der Waals surface area contributed by atoms with Gasteiger partial charge in [-0.15, -0.1) is 0 Å². The number of fused-ring (bicyclic) bond motifs is 7. The Bertz CT molecular complexity index is 6880. The first-order valence-electron chi connectivity index (χ1n) is 49.9. The lowest BCUT2D eigenvalue weighted by Crippen LogP contribution is -2.26. The third kappa shape index (κ3) is 25.0. The van der Waals surface area contributed by atoms with Gasteiger partial charge in [-0.05, 0) is 234 Å². The molecule has 18 rings (SSSR count). The van der Waals surface area contributed by atoms with Crippen LogP contribution in [0.5, 0.6) is 40.2 Å². The Labute approximate surface area is 829 Å². The number of rotatable bonds is 29. The summed E-state index contributed by atoms with van der Waals surface area (Å²) in [7, 11) is 18.1. The number of aryl methyl sites for hydroxylation is 7. The van der Waals surface area contributed by atoms with Gasteiger partial charge in [-0.25, -0.2) is 33.6 Å². The minimum atomic E-state index is -0.0958. The van der Waals surface area contributed by atoms with Gasteiger partial charge in [0.05, 0.1) is 109 Å². The molecule has 0 amide bonds. The molecule has 1 unspecified atom stereocenters. The molecule has 35 nitrogen and oxygen atoms in total. The van der Waals surface area contributed by atoms with Crippen molar-refractivity contribution < 1.29 is 61.9 Å². The summed E-state index contributed by atoms with van der Waals surface area (Å²) in [6.45, 7) is 39.1. The summed E-state index contributed by atoms with van der Waals surface area (Å²) < 4.78 is 91.5. The standard InChI is InChI=1S/C17H24N2O3.C16H24N2O4.3C16H22N2O3.C15H23N3O2.C11H14N2O2/c1-12(2)19-14-5-4-6-15(16(14)18(3)17(19)20)22-11-13-7-9-21-10-8-13;1-12(2)18-14-6-5-13(11-15(14)17(3)16(18)19)22-10-9-21-8-7-20-4;1-11(2)18-13-7-4-8-14(15(13)17(3)16(18)19)21-10-12-6-5-9-20-12;1-11(2)18-13-5-4-6-14(15(13)17(3)16(18)19)21-12-7-9-20-10-8-12;1-11(2)18-13-5-4-6-14(15(13)17(3)16(18)19)21-10-12-7-8-20-9-12;1-11(2)18-13-7-6-12(20-9-8-16(3)4)10-14(13)17(5)15(18)19;1-7(2)13-8-5-4-6-9(14)10(8)12(3)11(13)15/h4-6,12-13H,7-11H2,1-3H3;5-6,11-12H,7-10H2,1-4H3;4,7-8,11-12H,5-6,9-10H2,1-3H3;2*4-6,11-12H,7-10H2,1-3H3;6-7,10-11H,8-9H2,1-5H3;4-7,14H,1-3H3/t;;12-;;;;/m..0..../s1. The van der Waals surface area contributed by atoms with Crippen LogP contribution in [0.1, 0.15) is 184 Å². The third-order valence-electron chi connectivity index (χ3n) is 26.0. The van der Waals surface area contributed by atoms with E-state index in [9.17, 15) is 38.7 Å². The largest absolute Gasteiger partial charge is 0.506 e. The lowest BCUT2D eigenvalue weighted by atomic mass is 10.0. The van der Waals surface area contributed by atoms with Crippen molar-refractivity contribution in [2.45, 2.75) is 196 Å². The minimum absolute atomic E-state index is 0.000231. The Morgan fingerprint density at radius 2 is 0.676 bits per heavy atom. The van der Waals surface area contributed by atoms with E-state index in [1.807, 2.05) is 242 Å². The van der Waals surface area contributed by atoms with Crippen LogP contribution in [0.25, 0.3) is 77.2 Å². The number of para-hydroxylation sites is 5. The van der Waals surface area contributed by atoms with Crippen molar-refractivity contribution in [1.29, 1.82) is 0 Å². The van der Waals surface area contributed by atoms with E-state index in [4.69, 9.17) is 56.8 Å². The summed E-state index contributed by atoms with van der Waals surface area (Å²) in [5.74, 6) is 5.78. The molecule has 11 heterocycles. The molecule has 0 bridgehead atoms. The lowest BCUT2D eigenvalue weighted by molar-refractivity contribution is 0.0260. The SMILES string of the molecule is CC(C)n1c(=O)n(C)c2c(O)cccc21.CC(C)n1c(=O)n(C)c2c(OC3CCOCC3)cccc21.CC(C)n1c(=O)n(C)c2c(OCC3CCOC3)cccc21.CC(C)n1c(=O)n(C)c2c(OCC3CCOCC3)cccc21.CC(C)n1c(=O)n(C)c2c(OC[C@@H]3CCCO3)cccc21.CC(C)n1c(=O)n(C)c2cc(OCCN(C)C)ccc21.COCCOCCOc1ccc2c(c1)n(C)c(=O)n2C(C)C. The zero-order chi connectivity index (χ0) is 103. The summed E-state index contributed by atoms with van der Waals surface area (Å²) >= 11 is 0. The van der Waals surface area contributed by atoms with E-state index >= 15 is 0 Å². The number of likely N-dealkylation sites (N-methyl/N-ethyl adjacent to an activating group) is 1. The highest BCUT2D eigenvalue weighted by atomic mass is 16.6. The fourth-order valence-electron chi connectivity index (χ4n) is 18.6. The van der Waals surface area contributed by atoms with E-state index < -0.39 is 0 Å². The molecule has 4 fully saturated rings. The molecule has 4 saturated heterocycles. The highest BCUT2D eigenvalue weighted by molar-refractivity contribution is 5.87. The predicted molar refractivity (Wildman–Crippen MR) is 559 cm³/mol. The first-order valence-corrected chi connectivity index (χ1v) is 49.9. The molecule has 0 spiro atoms. The van der Waals surface area contributed by atoms with E-state index in [-0.39, 0.29) is 100 Å². The highest BCUT2D eigenvalue weighted by Crippen LogP contribution is 2.35. The predicted octanol–water partition coefficient (Wildman–Crippen LogP) is 15.5. The lowest BCUT2D eigenvalue weighted by Gasteiger charge is -2.23. The number of methoxy groups -OCH3 is 1. The molecule has 0 aliphatic carbocycles. The van der Waals surface area contributed by atoms with Crippen molar-refractivity contribution in [3.63, 3.8) is 0 Å². The van der Waals surface area contributed by atoms with Gasteiger partial charge in [0.25, 0.3) is 0 Å². The van der Waals surface area contributed by atoms with Gasteiger partial charge < -0.3 is 66.8 Å². The summed E-state index contributed by atoms with van der Waals surface area (Å²) in [4.78, 5) is 88.1. The number of hydrogen-bond donors (Lipinski definition) is 1. The molecule has 0 radical (unpaired) electrons. The van der Waals surface area contributed by atoms with Crippen LogP contribution in [-0.2, 0) is 77.8 Å². The Morgan fingerprint density at radius 3 is 1.06 bits per heavy atom. The minimum Gasteiger partial charge on any atom is -0.506 e. The van der Waals surface area contributed by atoms with Gasteiger partial charge in [0.15, 0.2) is 0 Å². The Hall–Kier alpha value is -12.3. The number of phenols is 1. The van der Waals surface area contributed by atoms with Gasteiger partial charge in [-0.3, -0.25) is 63.9 Å². The Kier molecular flexibility index (Phi) is 37.9. The average molecular weight is 1970 g/mol. The normalized spacial score (nSPS) is 15.2. The number of imidazole rings is 7. The number of nitrogens with zero attached hydrogens (tertiary/aromatic N) is 15. The van der Waals surface area contributed by atoms with Crippen LogP contribution in [0.4, 0.5) is 0 Å². The molecular formula is C107H151N15O20. The maximum absolute atomic E-state index is 12.4. The van der Waals surface area contributed by atoms with Crippen molar-refractivity contribution >= 4 is 77.2 Å². The number of hydrogen-bond acceptors (Lipinski definition) is 21. The van der Waals surface area contributed by atoms with Crippen molar-refractivity contribution in [3.05, 3.63) is 201 Å². The van der Waals surface area contributed by atoms with Crippen molar-refractivity contribution in [2.24, 2.45) is 61.2 Å². The summed E-state index contributed by atoms with van der Waals surface area (Å²) in [6, 6.07) is 41.0. The smallest absolute Gasteiger partial charge is 0.329 e. The van der Waals surface area contributed by atoms with Crippen molar-refractivity contribution in [3.8, 4) is 40.2 Å². The zero-order valence-corrected chi connectivity index (χ0v) is 87.7. The van der Waals surface area contributed by atoms with Crippen molar-refractivity contribution in [2.75, 3.05) is 127 Å². The third-order valence-corrected chi connectivity index (χ3v) is 26.0. The Morgan fingerprint density at radius 1 is 0.338 bits per heavy atom. The van der Waals surface area contributed by atoms with Crippen LogP contribution in [-0.4, -0.2) is 213 Å². The number of ether oxygens (including phenoxy) is 12. The van der Waals surface area contributed by atoms with Gasteiger partial charge in [0.2, 0.25) is 0 Å². The monoisotopic (exact) mass is 1970 g/mol. The maximum Gasteiger partial charge on any atom is 0.329 e. The van der Waals surface area contributed by atoms with E-state index in [0.717, 1.165) is 204 Å². The molecule has 142 heavy (non-hydrogen) atoms. The second-order valence-corrected chi connectivity index (χ2v) is 39.0. The molecule has 2 atom stereocenters. The molecule has 1 N–H and O–H groups in total. The van der Waals surface area contributed by atoms with Gasteiger partial charge >= 0.3 is 39.8 Å². The molecule has 14 aromatic rings. The zero-order valence-electron chi connectivity index (χ0n) is 87.7. The average Bonchev–Trinajstić information content (AvgIpc) is 1.63. The molecule has 0 saturated carbocycles. The van der Waals surface area contributed by atoms with Gasteiger partial charge in [-0.2, -0.15) is 0 Å². The van der Waals surface area contributed by atoms with Crippen LogP contribution in [0.2, 0.25) is 0 Å². The number of benzene rings is 7. The second kappa shape index (κ2) is 49.6. The second-order valence-electron chi connectivity index (χ2n) is 39.0. The van der Waals surface area contributed by atoms with Gasteiger partial charge in [0, 0.05) is 163 Å². The molecule has 7 aromatic carbocycles. The van der Waals surface area contributed by atoms with Crippen LogP contribution in [0.15, 0.2) is 161 Å².